The van der Waals surface area contributed by atoms with E-state index in [1.165, 1.54) is 12.1 Å². The standard InChI is InChI=1S/C14H10N2O2/c15-9-5-6-10(17)12-11(9)13(16)7-3-1-2-4-8(7)14(12)18/h1-6,16-17H,15H2. The van der Waals surface area contributed by atoms with Gasteiger partial charge in [0, 0.05) is 22.4 Å². The summed E-state index contributed by atoms with van der Waals surface area (Å²) >= 11 is 0. The monoisotopic (exact) mass is 238 g/mol. The molecule has 0 saturated heterocycles. The quantitative estimate of drug-likeness (QED) is 0.413. The van der Waals surface area contributed by atoms with Gasteiger partial charge in [0.2, 0.25) is 0 Å². The van der Waals surface area contributed by atoms with Gasteiger partial charge in [-0.3, -0.25) is 10.2 Å². The Labute approximate surface area is 103 Å². The van der Waals surface area contributed by atoms with Crippen LogP contribution in [0.1, 0.15) is 27.0 Å². The highest BCUT2D eigenvalue weighted by Crippen LogP contribution is 2.35. The average Bonchev–Trinajstić information content (AvgIpc) is 2.38. The van der Waals surface area contributed by atoms with Crippen LogP contribution in [-0.2, 0) is 0 Å². The maximum atomic E-state index is 12.3. The maximum absolute atomic E-state index is 12.3. The molecule has 2 aromatic rings. The summed E-state index contributed by atoms with van der Waals surface area (Å²) in [5.74, 6) is -0.426. The van der Waals surface area contributed by atoms with Crippen LogP contribution in [0.4, 0.5) is 5.69 Å². The van der Waals surface area contributed by atoms with Gasteiger partial charge in [0.1, 0.15) is 5.75 Å². The second kappa shape index (κ2) is 3.43. The fourth-order valence-electron chi connectivity index (χ4n) is 2.28. The van der Waals surface area contributed by atoms with E-state index < -0.39 is 0 Å². The molecule has 0 heterocycles. The smallest absolute Gasteiger partial charge is 0.198 e. The van der Waals surface area contributed by atoms with Gasteiger partial charge in [-0.1, -0.05) is 24.3 Å². The minimum atomic E-state index is -0.290. The highest BCUT2D eigenvalue weighted by Gasteiger charge is 2.30. The van der Waals surface area contributed by atoms with Crippen LogP contribution in [-0.4, -0.2) is 16.6 Å². The molecule has 0 spiro atoms. The van der Waals surface area contributed by atoms with Crippen molar-refractivity contribution in [3.63, 3.8) is 0 Å². The van der Waals surface area contributed by atoms with Crippen LogP contribution < -0.4 is 5.73 Å². The maximum Gasteiger partial charge on any atom is 0.198 e. The Kier molecular flexibility index (Phi) is 2.01. The highest BCUT2D eigenvalue weighted by molar-refractivity contribution is 6.31. The summed E-state index contributed by atoms with van der Waals surface area (Å²) in [7, 11) is 0. The molecule has 0 amide bonds. The topological polar surface area (TPSA) is 87.2 Å². The van der Waals surface area contributed by atoms with E-state index in [2.05, 4.69) is 0 Å². The number of carbonyl (C=O) groups excluding carboxylic acids is 1. The summed E-state index contributed by atoms with van der Waals surface area (Å²) in [5, 5.41) is 18.0. The lowest BCUT2D eigenvalue weighted by atomic mass is 9.82. The van der Waals surface area contributed by atoms with Gasteiger partial charge in [-0.25, -0.2) is 0 Å². The number of nitrogens with two attached hydrogens (primary N) is 1. The number of carbonyl (C=O) groups is 1. The van der Waals surface area contributed by atoms with Crippen LogP contribution in [0.5, 0.6) is 5.75 Å². The number of phenolic OH excluding ortho intramolecular Hbond substituents is 1. The van der Waals surface area contributed by atoms with Gasteiger partial charge in [-0.05, 0) is 12.1 Å². The van der Waals surface area contributed by atoms with Crippen molar-refractivity contribution in [3.05, 3.63) is 58.7 Å². The van der Waals surface area contributed by atoms with Crippen molar-refractivity contribution in [1.82, 2.24) is 0 Å². The minimum absolute atomic E-state index is 0.124. The third-order valence-corrected chi connectivity index (χ3v) is 3.13. The zero-order valence-corrected chi connectivity index (χ0v) is 9.40. The fraction of sp³-hybridized carbons (Fsp3) is 0. The lowest BCUT2D eigenvalue weighted by Gasteiger charge is -2.21. The van der Waals surface area contributed by atoms with Gasteiger partial charge in [0.25, 0.3) is 0 Å². The van der Waals surface area contributed by atoms with Crippen LogP contribution in [0.25, 0.3) is 0 Å². The van der Waals surface area contributed by atoms with E-state index in [9.17, 15) is 9.90 Å². The lowest BCUT2D eigenvalue weighted by molar-refractivity contribution is 0.103. The zero-order valence-electron chi connectivity index (χ0n) is 9.40. The first-order chi connectivity index (χ1) is 8.61. The van der Waals surface area contributed by atoms with E-state index in [1.54, 1.807) is 24.3 Å². The van der Waals surface area contributed by atoms with Gasteiger partial charge < -0.3 is 10.8 Å². The van der Waals surface area contributed by atoms with Crippen molar-refractivity contribution in [2.45, 2.75) is 0 Å². The van der Waals surface area contributed by atoms with Crippen molar-refractivity contribution in [2.75, 3.05) is 5.73 Å². The third kappa shape index (κ3) is 1.20. The SMILES string of the molecule is N=C1c2ccccc2C(=O)c2c(O)ccc(N)c21. The Hall–Kier alpha value is -2.62. The Balaban J connectivity index is 2.41. The number of rotatable bonds is 0. The Morgan fingerprint density at radius 2 is 1.67 bits per heavy atom. The molecule has 2 aromatic carbocycles. The summed E-state index contributed by atoms with van der Waals surface area (Å²) in [5.41, 5.74) is 7.74. The van der Waals surface area contributed by atoms with Crippen molar-refractivity contribution < 1.29 is 9.90 Å². The summed E-state index contributed by atoms with van der Waals surface area (Å²) in [6, 6.07) is 9.75. The zero-order chi connectivity index (χ0) is 12.9. The van der Waals surface area contributed by atoms with E-state index in [4.69, 9.17) is 11.1 Å². The molecule has 0 radical (unpaired) electrons. The molecule has 0 bridgehead atoms. The Morgan fingerprint density at radius 3 is 2.39 bits per heavy atom. The first-order valence-electron chi connectivity index (χ1n) is 5.45. The van der Waals surface area contributed by atoms with Crippen LogP contribution in [0.15, 0.2) is 36.4 Å². The van der Waals surface area contributed by atoms with Gasteiger partial charge >= 0.3 is 0 Å². The second-order valence-corrected chi connectivity index (χ2v) is 4.17. The molecule has 88 valence electrons. The first kappa shape index (κ1) is 10.5. The van der Waals surface area contributed by atoms with Gasteiger partial charge in [-0.15, -0.1) is 0 Å². The normalized spacial score (nSPS) is 13.1. The largest absolute Gasteiger partial charge is 0.507 e. The van der Waals surface area contributed by atoms with Crippen LogP contribution >= 0.6 is 0 Å². The van der Waals surface area contributed by atoms with E-state index in [-0.39, 0.29) is 22.8 Å². The first-order valence-corrected chi connectivity index (χ1v) is 5.45. The molecule has 0 aromatic heterocycles. The number of hydrogen-bond acceptors (Lipinski definition) is 4. The number of ketones is 1. The molecule has 0 unspecified atom stereocenters. The third-order valence-electron chi connectivity index (χ3n) is 3.13. The summed E-state index contributed by atoms with van der Waals surface area (Å²) < 4.78 is 0. The molecular formula is C14H10N2O2. The summed E-state index contributed by atoms with van der Waals surface area (Å²) in [6.45, 7) is 0. The number of hydrogen-bond donors (Lipinski definition) is 3. The number of benzene rings is 2. The molecule has 0 atom stereocenters. The molecular weight excluding hydrogens is 228 g/mol. The number of anilines is 1. The Morgan fingerprint density at radius 1 is 1.00 bits per heavy atom. The molecule has 4 nitrogen and oxygen atoms in total. The minimum Gasteiger partial charge on any atom is -0.507 e. The van der Waals surface area contributed by atoms with Crippen LogP contribution in [0.2, 0.25) is 0 Å². The lowest BCUT2D eigenvalue weighted by Crippen LogP contribution is -2.22. The average molecular weight is 238 g/mol. The number of phenols is 1. The van der Waals surface area contributed by atoms with E-state index >= 15 is 0 Å². The summed E-state index contributed by atoms with van der Waals surface area (Å²) in [4.78, 5) is 12.3. The molecule has 18 heavy (non-hydrogen) atoms. The van der Waals surface area contributed by atoms with E-state index in [0.29, 0.717) is 22.4 Å². The van der Waals surface area contributed by atoms with Crippen molar-refractivity contribution in [3.8, 4) is 5.75 Å². The molecule has 1 aliphatic rings. The predicted octanol–water partition coefficient (Wildman–Crippen LogP) is 1.93. The Bertz CT molecular complexity index is 645. The molecule has 4 N–H and O–H groups in total. The molecule has 4 heteroatoms. The highest BCUT2D eigenvalue weighted by atomic mass is 16.3. The van der Waals surface area contributed by atoms with Crippen molar-refractivity contribution in [1.29, 1.82) is 5.41 Å². The van der Waals surface area contributed by atoms with Gasteiger partial charge in [0.05, 0.1) is 11.3 Å². The molecule has 0 aliphatic heterocycles. The molecule has 0 fully saturated rings. The number of aromatic hydroxyl groups is 1. The van der Waals surface area contributed by atoms with Crippen LogP contribution in [0.3, 0.4) is 0 Å². The number of fused-ring (bicyclic) bond motifs is 2. The predicted molar refractivity (Wildman–Crippen MR) is 68.3 cm³/mol. The molecule has 3 rings (SSSR count). The van der Waals surface area contributed by atoms with Crippen molar-refractivity contribution >= 4 is 17.2 Å². The fourth-order valence-corrected chi connectivity index (χ4v) is 2.28. The molecule has 1 aliphatic carbocycles. The van der Waals surface area contributed by atoms with Gasteiger partial charge in [-0.2, -0.15) is 0 Å². The summed E-state index contributed by atoms with van der Waals surface area (Å²) in [6.07, 6.45) is 0. The number of nitrogens with one attached hydrogen (secondary N) is 1. The molecule has 0 saturated carbocycles. The van der Waals surface area contributed by atoms with E-state index in [0.717, 1.165) is 0 Å². The van der Waals surface area contributed by atoms with Crippen LogP contribution in [0, 0.1) is 5.41 Å². The van der Waals surface area contributed by atoms with Crippen molar-refractivity contribution in [2.24, 2.45) is 0 Å². The second-order valence-electron chi connectivity index (χ2n) is 4.17. The van der Waals surface area contributed by atoms with E-state index in [1.807, 2.05) is 0 Å². The number of nitrogen functional groups attached to an aromatic ring is 1. The van der Waals surface area contributed by atoms with Gasteiger partial charge in [0.15, 0.2) is 5.78 Å².